The molecule has 1 heterocycles. The standard InChI is InChI=1S/C19H17NO/c1-14-12-17(18-4-2-3-5-19(18)20-14)13-16-8-6-15(7-9-16)10-11-21/h2-9,11-12H,10,13H2,1H3. The van der Waals surface area contributed by atoms with Crippen molar-refractivity contribution in [1.82, 2.24) is 4.98 Å². The molecule has 0 unspecified atom stereocenters. The lowest BCUT2D eigenvalue weighted by atomic mass is 9.99. The van der Waals surface area contributed by atoms with E-state index in [1.807, 2.05) is 25.1 Å². The summed E-state index contributed by atoms with van der Waals surface area (Å²) in [4.78, 5) is 15.1. The maximum atomic E-state index is 10.5. The monoisotopic (exact) mass is 275 g/mol. The van der Waals surface area contributed by atoms with Gasteiger partial charge in [-0.05, 0) is 42.2 Å². The Bertz CT molecular complexity index is 775. The van der Waals surface area contributed by atoms with Gasteiger partial charge in [0.2, 0.25) is 0 Å². The molecule has 0 atom stereocenters. The smallest absolute Gasteiger partial charge is 0.124 e. The molecule has 0 bridgehead atoms. The minimum Gasteiger partial charge on any atom is -0.303 e. The summed E-state index contributed by atoms with van der Waals surface area (Å²) in [5, 5.41) is 1.21. The third kappa shape index (κ3) is 3.00. The minimum atomic E-state index is 0.484. The Morgan fingerprint density at radius 1 is 1.00 bits per heavy atom. The molecule has 3 rings (SSSR count). The lowest BCUT2D eigenvalue weighted by molar-refractivity contribution is -0.107. The van der Waals surface area contributed by atoms with Crippen LogP contribution in [-0.2, 0) is 17.6 Å². The molecule has 21 heavy (non-hydrogen) atoms. The molecule has 2 aromatic carbocycles. The minimum absolute atomic E-state index is 0.484. The van der Waals surface area contributed by atoms with Gasteiger partial charge < -0.3 is 4.79 Å². The van der Waals surface area contributed by atoms with E-state index >= 15 is 0 Å². The third-order valence-corrected chi connectivity index (χ3v) is 3.67. The lowest BCUT2D eigenvalue weighted by Gasteiger charge is -2.08. The van der Waals surface area contributed by atoms with Crippen LogP contribution in [0.15, 0.2) is 54.6 Å². The highest BCUT2D eigenvalue weighted by atomic mass is 16.1. The molecule has 0 radical (unpaired) electrons. The molecule has 3 aromatic rings. The molecule has 0 saturated heterocycles. The number of hydrogen-bond donors (Lipinski definition) is 0. The molecule has 0 fully saturated rings. The second-order valence-corrected chi connectivity index (χ2v) is 5.30. The number of para-hydroxylation sites is 1. The zero-order valence-electron chi connectivity index (χ0n) is 12.0. The molecule has 0 aliphatic carbocycles. The van der Waals surface area contributed by atoms with Crippen LogP contribution in [0, 0.1) is 6.92 Å². The topological polar surface area (TPSA) is 30.0 Å². The summed E-state index contributed by atoms with van der Waals surface area (Å²) in [6, 6.07) is 18.7. The zero-order chi connectivity index (χ0) is 14.7. The Hall–Kier alpha value is -2.48. The quantitative estimate of drug-likeness (QED) is 0.676. The van der Waals surface area contributed by atoms with Crippen LogP contribution >= 0.6 is 0 Å². The van der Waals surface area contributed by atoms with E-state index < -0.39 is 0 Å². The van der Waals surface area contributed by atoms with Crippen molar-refractivity contribution in [1.29, 1.82) is 0 Å². The van der Waals surface area contributed by atoms with Crippen LogP contribution in [0.5, 0.6) is 0 Å². The largest absolute Gasteiger partial charge is 0.303 e. The summed E-state index contributed by atoms with van der Waals surface area (Å²) < 4.78 is 0. The van der Waals surface area contributed by atoms with E-state index in [1.165, 1.54) is 16.5 Å². The van der Waals surface area contributed by atoms with Gasteiger partial charge in [-0.1, -0.05) is 42.5 Å². The van der Waals surface area contributed by atoms with Gasteiger partial charge in [0.05, 0.1) is 5.52 Å². The van der Waals surface area contributed by atoms with Crippen molar-refractivity contribution in [3.8, 4) is 0 Å². The summed E-state index contributed by atoms with van der Waals surface area (Å²) in [5.41, 5.74) is 5.69. The van der Waals surface area contributed by atoms with Crippen molar-refractivity contribution < 1.29 is 4.79 Å². The first-order valence-electron chi connectivity index (χ1n) is 7.13. The SMILES string of the molecule is Cc1cc(Cc2ccc(CC=O)cc2)c2ccccc2n1. The molecular weight excluding hydrogens is 258 g/mol. The van der Waals surface area contributed by atoms with Gasteiger partial charge in [-0.15, -0.1) is 0 Å². The first kappa shape index (κ1) is 13.5. The van der Waals surface area contributed by atoms with Crippen molar-refractivity contribution >= 4 is 17.2 Å². The number of fused-ring (bicyclic) bond motifs is 1. The third-order valence-electron chi connectivity index (χ3n) is 3.67. The number of aldehydes is 1. The average molecular weight is 275 g/mol. The van der Waals surface area contributed by atoms with Crippen molar-refractivity contribution in [2.45, 2.75) is 19.8 Å². The van der Waals surface area contributed by atoms with Gasteiger partial charge >= 0.3 is 0 Å². The van der Waals surface area contributed by atoms with E-state index in [-0.39, 0.29) is 0 Å². The van der Waals surface area contributed by atoms with Gasteiger partial charge in [-0.25, -0.2) is 0 Å². The molecule has 0 aliphatic rings. The summed E-state index contributed by atoms with van der Waals surface area (Å²) in [6.45, 7) is 2.03. The van der Waals surface area contributed by atoms with Crippen LogP contribution in [0.25, 0.3) is 10.9 Å². The number of hydrogen-bond acceptors (Lipinski definition) is 2. The Morgan fingerprint density at radius 3 is 2.48 bits per heavy atom. The van der Waals surface area contributed by atoms with Gasteiger partial charge in [0.25, 0.3) is 0 Å². The zero-order valence-corrected chi connectivity index (χ0v) is 12.0. The Morgan fingerprint density at radius 2 is 1.71 bits per heavy atom. The predicted molar refractivity (Wildman–Crippen MR) is 85.5 cm³/mol. The van der Waals surface area contributed by atoms with E-state index in [4.69, 9.17) is 0 Å². The van der Waals surface area contributed by atoms with Crippen molar-refractivity contribution in [2.75, 3.05) is 0 Å². The molecule has 104 valence electrons. The predicted octanol–water partition coefficient (Wildman–Crippen LogP) is 3.88. The van der Waals surface area contributed by atoms with Crippen LogP contribution in [0.4, 0.5) is 0 Å². The molecule has 0 N–H and O–H groups in total. The fourth-order valence-corrected chi connectivity index (χ4v) is 2.65. The fourth-order valence-electron chi connectivity index (χ4n) is 2.65. The van der Waals surface area contributed by atoms with Gasteiger partial charge in [0.15, 0.2) is 0 Å². The summed E-state index contributed by atoms with van der Waals surface area (Å²) in [6.07, 6.45) is 2.30. The van der Waals surface area contributed by atoms with Crippen LogP contribution < -0.4 is 0 Å². The van der Waals surface area contributed by atoms with Crippen LogP contribution in [0.1, 0.15) is 22.4 Å². The fraction of sp³-hybridized carbons (Fsp3) is 0.158. The molecule has 2 nitrogen and oxygen atoms in total. The highest BCUT2D eigenvalue weighted by molar-refractivity contribution is 5.82. The molecule has 0 amide bonds. The first-order chi connectivity index (χ1) is 10.3. The van der Waals surface area contributed by atoms with Crippen LogP contribution in [0.2, 0.25) is 0 Å². The van der Waals surface area contributed by atoms with E-state index in [1.54, 1.807) is 0 Å². The highest BCUT2D eigenvalue weighted by Crippen LogP contribution is 2.21. The lowest BCUT2D eigenvalue weighted by Crippen LogP contribution is -1.94. The number of carbonyl (C=O) groups is 1. The summed E-state index contributed by atoms with van der Waals surface area (Å²) in [5.74, 6) is 0. The van der Waals surface area contributed by atoms with Crippen LogP contribution in [0.3, 0.4) is 0 Å². The number of benzene rings is 2. The number of rotatable bonds is 4. The van der Waals surface area contributed by atoms with Crippen molar-refractivity contribution in [3.63, 3.8) is 0 Å². The average Bonchev–Trinajstić information content (AvgIpc) is 2.49. The number of carbonyl (C=O) groups excluding carboxylic acids is 1. The molecular formula is C19H17NO. The number of pyridine rings is 1. The maximum Gasteiger partial charge on any atom is 0.124 e. The van der Waals surface area contributed by atoms with E-state index in [0.29, 0.717) is 6.42 Å². The van der Waals surface area contributed by atoms with Crippen molar-refractivity contribution in [2.24, 2.45) is 0 Å². The normalized spacial score (nSPS) is 10.7. The second kappa shape index (κ2) is 5.88. The first-order valence-corrected chi connectivity index (χ1v) is 7.13. The van der Waals surface area contributed by atoms with Gasteiger partial charge in [0, 0.05) is 17.5 Å². The maximum absolute atomic E-state index is 10.5. The molecule has 0 aliphatic heterocycles. The summed E-state index contributed by atoms with van der Waals surface area (Å²) in [7, 11) is 0. The van der Waals surface area contributed by atoms with Crippen LogP contribution in [-0.4, -0.2) is 11.3 Å². The van der Waals surface area contributed by atoms with Gasteiger partial charge in [0.1, 0.15) is 6.29 Å². The highest BCUT2D eigenvalue weighted by Gasteiger charge is 2.05. The molecule has 0 saturated carbocycles. The van der Waals surface area contributed by atoms with E-state index in [9.17, 15) is 4.79 Å². The van der Waals surface area contributed by atoms with Gasteiger partial charge in [-0.2, -0.15) is 0 Å². The number of aromatic nitrogens is 1. The Balaban J connectivity index is 1.95. The molecule has 2 heteroatoms. The van der Waals surface area contributed by atoms with Crippen molar-refractivity contribution in [3.05, 3.63) is 77.0 Å². The van der Waals surface area contributed by atoms with E-state index in [2.05, 4.69) is 41.4 Å². The van der Waals surface area contributed by atoms with E-state index in [0.717, 1.165) is 29.5 Å². The Kier molecular flexibility index (Phi) is 3.78. The molecule has 1 aromatic heterocycles. The summed E-state index contributed by atoms with van der Waals surface area (Å²) >= 11 is 0. The number of aryl methyl sites for hydroxylation is 1. The second-order valence-electron chi connectivity index (χ2n) is 5.30. The van der Waals surface area contributed by atoms with Gasteiger partial charge in [-0.3, -0.25) is 4.98 Å². The number of nitrogens with zero attached hydrogens (tertiary/aromatic N) is 1. The molecule has 0 spiro atoms. The Labute approximate surface area is 124 Å².